The van der Waals surface area contributed by atoms with Gasteiger partial charge < -0.3 is 19.9 Å². The van der Waals surface area contributed by atoms with E-state index in [-0.39, 0.29) is 24.0 Å². The summed E-state index contributed by atoms with van der Waals surface area (Å²) in [6, 6.07) is 8.18. The van der Waals surface area contributed by atoms with E-state index >= 15 is 0 Å². The molecule has 7 nitrogen and oxygen atoms in total. The molecule has 4 rings (SSSR count). The number of imidazole rings is 1. The molecule has 1 fully saturated rings. The van der Waals surface area contributed by atoms with E-state index in [4.69, 9.17) is 21.6 Å². The zero-order valence-corrected chi connectivity index (χ0v) is 21.0. The molecule has 1 unspecified atom stereocenters. The normalized spacial score (nSPS) is 16.4. The number of fused-ring (bicyclic) bond motifs is 1. The topological polar surface area (TPSA) is 69.8 Å². The molecule has 31 heavy (non-hydrogen) atoms. The van der Waals surface area contributed by atoms with Gasteiger partial charge in [-0.3, -0.25) is 4.99 Å². The lowest BCUT2D eigenvalue weighted by Crippen LogP contribution is -2.44. The van der Waals surface area contributed by atoms with Crippen molar-refractivity contribution in [2.75, 3.05) is 31.1 Å². The second kappa shape index (κ2) is 11.0. The van der Waals surface area contributed by atoms with Gasteiger partial charge in [-0.15, -0.1) is 24.0 Å². The highest BCUT2D eigenvalue weighted by Gasteiger charge is 2.25. The fourth-order valence-electron chi connectivity index (χ4n) is 3.80. The predicted octanol–water partition coefficient (Wildman–Crippen LogP) is 3.69. The largest absolute Gasteiger partial charge is 0.357 e. The fraction of sp³-hybridized carbons (Fsp3) is 0.409. The first kappa shape index (κ1) is 23.6. The van der Waals surface area contributed by atoms with Crippen LogP contribution in [0.15, 0.2) is 47.8 Å². The highest BCUT2D eigenvalue weighted by Crippen LogP contribution is 2.25. The second-order valence-electron chi connectivity index (χ2n) is 7.55. The van der Waals surface area contributed by atoms with Crippen LogP contribution in [0.25, 0.3) is 5.65 Å². The van der Waals surface area contributed by atoms with Crippen molar-refractivity contribution in [3.05, 3.63) is 59.1 Å². The molecule has 0 radical (unpaired) electrons. The number of rotatable bonds is 6. The number of pyridine rings is 2. The smallest absolute Gasteiger partial charge is 0.191 e. The lowest BCUT2D eigenvalue weighted by molar-refractivity contribution is 0.648. The monoisotopic (exact) mass is 553 g/mol. The number of guanidine groups is 1. The Hall–Kier alpha value is -2.07. The third-order valence-corrected chi connectivity index (χ3v) is 5.57. The van der Waals surface area contributed by atoms with Gasteiger partial charge in [-0.05, 0) is 44.0 Å². The molecule has 0 aliphatic carbocycles. The van der Waals surface area contributed by atoms with Crippen LogP contribution in [0.5, 0.6) is 0 Å². The summed E-state index contributed by atoms with van der Waals surface area (Å²) in [5.74, 6) is 1.70. The summed E-state index contributed by atoms with van der Waals surface area (Å²) >= 11 is 6.30. The summed E-state index contributed by atoms with van der Waals surface area (Å²) in [6.45, 7) is 7.45. The molecular formula is C22H29ClIN7. The van der Waals surface area contributed by atoms with Crippen molar-refractivity contribution in [1.82, 2.24) is 25.0 Å². The van der Waals surface area contributed by atoms with Crippen LogP contribution >= 0.6 is 35.6 Å². The summed E-state index contributed by atoms with van der Waals surface area (Å²) in [5, 5.41) is 7.61. The van der Waals surface area contributed by atoms with Crippen LogP contribution in [0.1, 0.15) is 24.6 Å². The van der Waals surface area contributed by atoms with Crippen molar-refractivity contribution < 1.29 is 0 Å². The predicted molar refractivity (Wildman–Crippen MR) is 138 cm³/mol. The molecular weight excluding hydrogens is 525 g/mol. The van der Waals surface area contributed by atoms with Gasteiger partial charge in [-0.25, -0.2) is 9.97 Å². The molecule has 1 aliphatic heterocycles. The van der Waals surface area contributed by atoms with Crippen molar-refractivity contribution in [3.8, 4) is 0 Å². The first-order valence-electron chi connectivity index (χ1n) is 10.5. The molecule has 1 atom stereocenters. The van der Waals surface area contributed by atoms with E-state index in [1.165, 1.54) is 5.56 Å². The molecule has 166 valence electrons. The van der Waals surface area contributed by atoms with Crippen molar-refractivity contribution in [2.24, 2.45) is 4.99 Å². The summed E-state index contributed by atoms with van der Waals surface area (Å²) in [6.07, 6.45) is 7.73. The van der Waals surface area contributed by atoms with Crippen LogP contribution in [0.2, 0.25) is 5.02 Å². The van der Waals surface area contributed by atoms with E-state index < -0.39 is 0 Å². The third kappa shape index (κ3) is 5.79. The lowest BCUT2D eigenvalue weighted by atomic mass is 10.3. The number of halogens is 2. The van der Waals surface area contributed by atoms with Crippen LogP contribution in [-0.2, 0) is 6.42 Å². The summed E-state index contributed by atoms with van der Waals surface area (Å²) < 4.78 is 2.08. The molecule has 3 aromatic heterocycles. The third-order valence-electron chi connectivity index (χ3n) is 5.28. The number of aliphatic imine (C=N–C) groups is 1. The molecule has 9 heteroatoms. The van der Waals surface area contributed by atoms with E-state index in [9.17, 15) is 0 Å². The van der Waals surface area contributed by atoms with Crippen molar-refractivity contribution >= 4 is 53.0 Å². The van der Waals surface area contributed by atoms with E-state index in [1.807, 2.05) is 24.4 Å². The Morgan fingerprint density at radius 1 is 1.32 bits per heavy atom. The highest BCUT2D eigenvalue weighted by atomic mass is 127. The average Bonchev–Trinajstić information content (AvgIpc) is 3.36. The number of hydrogen-bond donors (Lipinski definition) is 2. The molecule has 0 saturated carbocycles. The minimum absolute atomic E-state index is 0. The van der Waals surface area contributed by atoms with Crippen molar-refractivity contribution in [3.63, 3.8) is 0 Å². The van der Waals surface area contributed by atoms with E-state index in [0.717, 1.165) is 55.6 Å². The van der Waals surface area contributed by atoms with Crippen molar-refractivity contribution in [1.29, 1.82) is 0 Å². The van der Waals surface area contributed by atoms with Crippen LogP contribution in [-0.4, -0.2) is 52.5 Å². The minimum Gasteiger partial charge on any atom is -0.357 e. The first-order valence-corrected chi connectivity index (χ1v) is 10.9. The summed E-state index contributed by atoms with van der Waals surface area (Å²) in [7, 11) is 0. The maximum atomic E-state index is 6.30. The lowest BCUT2D eigenvalue weighted by Gasteiger charge is -2.20. The molecule has 4 heterocycles. The van der Waals surface area contributed by atoms with Gasteiger partial charge in [-0.2, -0.15) is 0 Å². The van der Waals surface area contributed by atoms with Gasteiger partial charge in [0.25, 0.3) is 0 Å². The number of hydrogen-bond acceptors (Lipinski definition) is 4. The number of aromatic nitrogens is 3. The Kier molecular flexibility index (Phi) is 8.36. The number of anilines is 1. The molecule has 3 aromatic rings. The van der Waals surface area contributed by atoms with Crippen LogP contribution in [0.4, 0.5) is 5.82 Å². The Morgan fingerprint density at radius 3 is 2.97 bits per heavy atom. The summed E-state index contributed by atoms with van der Waals surface area (Å²) in [4.78, 5) is 16.2. The SMILES string of the molecule is CCNC(=NCCc1cn2cccc(C)c2n1)NC1CCN(c2ncccc2Cl)C1.I. The molecule has 0 aromatic carbocycles. The van der Waals surface area contributed by atoms with Gasteiger partial charge in [0, 0.05) is 57.2 Å². The van der Waals surface area contributed by atoms with E-state index in [1.54, 1.807) is 6.20 Å². The van der Waals surface area contributed by atoms with E-state index in [2.05, 4.69) is 51.0 Å². The van der Waals surface area contributed by atoms with Gasteiger partial charge in [0.2, 0.25) is 0 Å². The number of nitrogens with zero attached hydrogens (tertiary/aromatic N) is 5. The zero-order chi connectivity index (χ0) is 20.9. The maximum absolute atomic E-state index is 6.30. The van der Waals surface area contributed by atoms with Gasteiger partial charge in [0.15, 0.2) is 5.96 Å². The molecule has 0 spiro atoms. The summed E-state index contributed by atoms with van der Waals surface area (Å²) in [5.41, 5.74) is 3.25. The first-order chi connectivity index (χ1) is 14.6. The maximum Gasteiger partial charge on any atom is 0.191 e. The molecule has 2 N–H and O–H groups in total. The van der Waals surface area contributed by atoms with Crippen LogP contribution in [0, 0.1) is 6.92 Å². The van der Waals surface area contributed by atoms with Crippen molar-refractivity contribution in [2.45, 2.75) is 32.7 Å². The fourth-order valence-corrected chi connectivity index (χ4v) is 4.04. The molecule has 0 bridgehead atoms. The Balaban J connectivity index is 0.00000272. The Morgan fingerprint density at radius 2 is 2.19 bits per heavy atom. The number of aryl methyl sites for hydroxylation is 1. The Bertz CT molecular complexity index is 1040. The minimum atomic E-state index is 0. The zero-order valence-electron chi connectivity index (χ0n) is 17.9. The average molecular weight is 554 g/mol. The standard InChI is InChI=1S/C22H28ClN7.HI/c1-3-24-22(26-11-8-17-14-29-12-5-6-16(2)20(29)27-17)28-18-9-13-30(15-18)21-19(23)7-4-10-25-21;/h4-7,10,12,14,18H,3,8-9,11,13,15H2,1-2H3,(H2,24,26,28);1H. The molecule has 0 amide bonds. The quantitative estimate of drug-likeness (QED) is 0.277. The van der Waals surface area contributed by atoms with Gasteiger partial charge in [0.05, 0.1) is 10.7 Å². The molecule has 1 aliphatic rings. The number of nitrogens with one attached hydrogen (secondary N) is 2. The van der Waals surface area contributed by atoms with Crippen LogP contribution in [0.3, 0.4) is 0 Å². The van der Waals surface area contributed by atoms with Gasteiger partial charge >= 0.3 is 0 Å². The van der Waals surface area contributed by atoms with Crippen LogP contribution < -0.4 is 15.5 Å². The Labute approximate surface area is 205 Å². The van der Waals surface area contributed by atoms with E-state index in [0.29, 0.717) is 17.6 Å². The van der Waals surface area contributed by atoms with Gasteiger partial charge in [-0.1, -0.05) is 17.7 Å². The highest BCUT2D eigenvalue weighted by molar-refractivity contribution is 14.0. The second-order valence-corrected chi connectivity index (χ2v) is 7.96. The van der Waals surface area contributed by atoms with Gasteiger partial charge in [0.1, 0.15) is 11.5 Å². The molecule has 1 saturated heterocycles.